The first kappa shape index (κ1) is 28.1. The van der Waals surface area contributed by atoms with E-state index in [0.29, 0.717) is 0 Å². The standard InChI is InChI=1S/C44H26N4O2/c1-3-33(25-45-19-1)31-13-15-39-37(23-31)41-43(49-39)35(17-21-47-41)29-9-5-27(6-10-29)28-7-11-30(12-8-28)36-18-22-48-42-38-24-32(34-4-2-20-46-26-34)14-16-40(38)50-44(36)42/h1-26H. The fourth-order valence-electron chi connectivity index (χ4n) is 6.88. The van der Waals surface area contributed by atoms with Gasteiger partial charge in [0.25, 0.3) is 0 Å². The Morgan fingerprint density at radius 3 is 1.20 bits per heavy atom. The first-order valence-electron chi connectivity index (χ1n) is 16.4. The van der Waals surface area contributed by atoms with Gasteiger partial charge in [0.15, 0.2) is 11.2 Å². The molecule has 0 amide bonds. The molecule has 10 rings (SSSR count). The molecule has 0 aliphatic carbocycles. The van der Waals surface area contributed by atoms with Crippen LogP contribution in [0.2, 0.25) is 0 Å². The summed E-state index contributed by atoms with van der Waals surface area (Å²) in [5.74, 6) is 0. The van der Waals surface area contributed by atoms with Gasteiger partial charge in [0, 0.05) is 70.2 Å². The maximum Gasteiger partial charge on any atom is 0.161 e. The van der Waals surface area contributed by atoms with Crippen LogP contribution in [0.25, 0.3) is 99.8 Å². The Kier molecular flexibility index (Phi) is 6.39. The van der Waals surface area contributed by atoms with E-state index in [1.165, 1.54) is 0 Å². The summed E-state index contributed by atoms with van der Waals surface area (Å²) >= 11 is 0. The molecular formula is C44H26N4O2. The first-order valence-corrected chi connectivity index (χ1v) is 16.4. The van der Waals surface area contributed by atoms with Crippen LogP contribution in [0.15, 0.2) is 167 Å². The highest BCUT2D eigenvalue weighted by atomic mass is 16.3. The van der Waals surface area contributed by atoms with Gasteiger partial charge >= 0.3 is 0 Å². The van der Waals surface area contributed by atoms with Crippen LogP contribution in [0.4, 0.5) is 0 Å². The largest absolute Gasteiger partial charge is 0.454 e. The summed E-state index contributed by atoms with van der Waals surface area (Å²) in [5.41, 5.74) is 15.6. The molecule has 4 aromatic carbocycles. The van der Waals surface area contributed by atoms with E-state index in [0.717, 1.165) is 99.8 Å². The van der Waals surface area contributed by atoms with E-state index >= 15 is 0 Å². The molecule has 0 fully saturated rings. The Balaban J connectivity index is 0.958. The van der Waals surface area contributed by atoms with E-state index in [1.54, 1.807) is 12.4 Å². The second-order valence-corrected chi connectivity index (χ2v) is 12.3. The number of hydrogen-bond donors (Lipinski definition) is 0. The van der Waals surface area contributed by atoms with E-state index < -0.39 is 0 Å². The van der Waals surface area contributed by atoms with Gasteiger partial charge in [0.05, 0.1) is 0 Å². The molecule has 0 bridgehead atoms. The van der Waals surface area contributed by atoms with Gasteiger partial charge in [-0.25, -0.2) is 0 Å². The summed E-state index contributed by atoms with van der Waals surface area (Å²) in [6.07, 6.45) is 11.0. The third-order valence-electron chi connectivity index (χ3n) is 9.42. The highest BCUT2D eigenvalue weighted by Gasteiger charge is 2.16. The lowest BCUT2D eigenvalue weighted by Crippen LogP contribution is -1.84. The zero-order valence-corrected chi connectivity index (χ0v) is 26.6. The monoisotopic (exact) mass is 642 g/mol. The average Bonchev–Trinajstić information content (AvgIpc) is 3.77. The third kappa shape index (κ3) is 4.65. The molecule has 6 aromatic heterocycles. The summed E-state index contributed by atoms with van der Waals surface area (Å²) in [6.45, 7) is 0. The minimum atomic E-state index is 0.783. The molecule has 6 nitrogen and oxygen atoms in total. The summed E-state index contributed by atoms with van der Waals surface area (Å²) in [7, 11) is 0. The lowest BCUT2D eigenvalue weighted by atomic mass is 9.98. The highest BCUT2D eigenvalue weighted by molar-refractivity contribution is 6.09. The molecule has 0 N–H and O–H groups in total. The SMILES string of the molecule is c1cncc(-c2ccc3oc4c(-c5ccc(-c6ccc(-c7ccnc8c7oc7ccc(-c9cccnc9)cc78)cc6)cc5)ccnc4c3c2)c1. The second-order valence-electron chi connectivity index (χ2n) is 12.3. The normalized spacial score (nSPS) is 11.6. The van der Waals surface area contributed by atoms with Crippen molar-refractivity contribution < 1.29 is 8.83 Å². The summed E-state index contributed by atoms with van der Waals surface area (Å²) in [4.78, 5) is 18.0. The van der Waals surface area contributed by atoms with Crippen molar-refractivity contribution in [1.29, 1.82) is 0 Å². The van der Waals surface area contributed by atoms with Crippen LogP contribution in [-0.4, -0.2) is 19.9 Å². The molecule has 234 valence electrons. The lowest BCUT2D eigenvalue weighted by molar-refractivity contribution is 0.669. The van der Waals surface area contributed by atoms with Crippen molar-refractivity contribution in [3.8, 4) is 55.6 Å². The van der Waals surface area contributed by atoms with Crippen molar-refractivity contribution in [3.05, 3.63) is 159 Å². The number of benzene rings is 4. The number of furan rings is 2. The summed E-state index contributed by atoms with van der Waals surface area (Å²) in [5, 5.41) is 1.98. The Bertz CT molecular complexity index is 2640. The smallest absolute Gasteiger partial charge is 0.161 e. The number of hydrogen-bond acceptors (Lipinski definition) is 6. The number of fused-ring (bicyclic) bond motifs is 6. The number of pyridine rings is 4. The van der Waals surface area contributed by atoms with Crippen LogP contribution < -0.4 is 0 Å². The van der Waals surface area contributed by atoms with Crippen molar-refractivity contribution in [2.24, 2.45) is 0 Å². The van der Waals surface area contributed by atoms with Crippen molar-refractivity contribution >= 4 is 44.1 Å². The molecule has 10 aromatic rings. The molecule has 0 unspecified atom stereocenters. The zero-order chi connectivity index (χ0) is 33.0. The zero-order valence-electron chi connectivity index (χ0n) is 26.6. The third-order valence-corrected chi connectivity index (χ3v) is 9.42. The predicted octanol–water partition coefficient (Wildman–Crippen LogP) is 11.4. The van der Waals surface area contributed by atoms with E-state index in [-0.39, 0.29) is 0 Å². The van der Waals surface area contributed by atoms with Gasteiger partial charge in [0.2, 0.25) is 0 Å². The molecule has 0 atom stereocenters. The molecule has 0 saturated heterocycles. The van der Waals surface area contributed by atoms with Crippen molar-refractivity contribution in [1.82, 2.24) is 19.9 Å². The molecule has 0 aliphatic rings. The number of rotatable bonds is 5. The number of aromatic nitrogens is 4. The second kappa shape index (κ2) is 11.4. The summed E-state index contributed by atoms with van der Waals surface area (Å²) in [6, 6.07) is 41.7. The summed E-state index contributed by atoms with van der Waals surface area (Å²) < 4.78 is 12.8. The van der Waals surface area contributed by atoms with Crippen LogP contribution >= 0.6 is 0 Å². The molecule has 0 saturated carbocycles. The van der Waals surface area contributed by atoms with E-state index in [4.69, 9.17) is 18.8 Å². The van der Waals surface area contributed by atoms with Gasteiger partial charge in [-0.1, -0.05) is 72.8 Å². The molecular weight excluding hydrogens is 617 g/mol. The van der Waals surface area contributed by atoms with Crippen molar-refractivity contribution in [2.75, 3.05) is 0 Å². The minimum absolute atomic E-state index is 0.783. The van der Waals surface area contributed by atoms with Crippen LogP contribution in [0, 0.1) is 0 Å². The van der Waals surface area contributed by atoms with Gasteiger partial charge in [-0.05, 0) is 81.9 Å². The Hall–Kier alpha value is -6.92. The maximum absolute atomic E-state index is 6.38. The van der Waals surface area contributed by atoms with Gasteiger partial charge in [0.1, 0.15) is 22.2 Å². The van der Waals surface area contributed by atoms with E-state index in [9.17, 15) is 0 Å². The van der Waals surface area contributed by atoms with Crippen LogP contribution in [-0.2, 0) is 0 Å². The van der Waals surface area contributed by atoms with Gasteiger partial charge in [-0.3, -0.25) is 19.9 Å². The van der Waals surface area contributed by atoms with E-state index in [2.05, 4.69) is 94.9 Å². The van der Waals surface area contributed by atoms with Gasteiger partial charge < -0.3 is 8.83 Å². The molecule has 0 radical (unpaired) electrons. The Morgan fingerprint density at radius 2 is 0.780 bits per heavy atom. The molecule has 0 spiro atoms. The minimum Gasteiger partial charge on any atom is -0.454 e. The topological polar surface area (TPSA) is 77.8 Å². The molecule has 0 aliphatic heterocycles. The Morgan fingerprint density at radius 1 is 0.360 bits per heavy atom. The quantitative estimate of drug-likeness (QED) is 0.186. The van der Waals surface area contributed by atoms with E-state index in [1.807, 2.05) is 61.2 Å². The fraction of sp³-hybridized carbons (Fsp3) is 0. The maximum atomic E-state index is 6.38. The molecule has 50 heavy (non-hydrogen) atoms. The van der Waals surface area contributed by atoms with Crippen molar-refractivity contribution in [2.45, 2.75) is 0 Å². The average molecular weight is 643 g/mol. The Labute approximate surface area is 286 Å². The lowest BCUT2D eigenvalue weighted by Gasteiger charge is -2.07. The van der Waals surface area contributed by atoms with Crippen molar-refractivity contribution in [3.63, 3.8) is 0 Å². The van der Waals surface area contributed by atoms with Crippen LogP contribution in [0.5, 0.6) is 0 Å². The highest BCUT2D eigenvalue weighted by Crippen LogP contribution is 2.39. The van der Waals surface area contributed by atoms with Crippen LogP contribution in [0.3, 0.4) is 0 Å². The van der Waals surface area contributed by atoms with Crippen LogP contribution in [0.1, 0.15) is 0 Å². The first-order chi connectivity index (χ1) is 24.8. The molecule has 6 heterocycles. The predicted molar refractivity (Wildman–Crippen MR) is 199 cm³/mol. The number of nitrogens with zero attached hydrogens (tertiary/aromatic N) is 4. The van der Waals surface area contributed by atoms with Gasteiger partial charge in [-0.15, -0.1) is 0 Å². The molecule has 6 heteroatoms. The fourth-order valence-corrected chi connectivity index (χ4v) is 6.88. The van der Waals surface area contributed by atoms with Gasteiger partial charge in [-0.2, -0.15) is 0 Å².